The van der Waals surface area contributed by atoms with E-state index in [1.54, 1.807) is 0 Å². The number of hydrogen-bond acceptors (Lipinski definition) is 3. The molecule has 0 saturated carbocycles. The van der Waals surface area contributed by atoms with Crippen LogP contribution in [0.15, 0.2) is 12.4 Å². The third-order valence-electron chi connectivity index (χ3n) is 3.96. The zero-order valence-electron chi connectivity index (χ0n) is 13.6. The molecular formula is C15H21F3N4O2. The number of likely N-dealkylation sites (tertiary alicyclic amines) is 1. The van der Waals surface area contributed by atoms with E-state index in [4.69, 9.17) is 0 Å². The van der Waals surface area contributed by atoms with Crippen LogP contribution in [0.5, 0.6) is 0 Å². The van der Waals surface area contributed by atoms with Gasteiger partial charge in [0.1, 0.15) is 6.04 Å². The van der Waals surface area contributed by atoms with Gasteiger partial charge in [-0.05, 0) is 19.3 Å². The average molecular weight is 346 g/mol. The van der Waals surface area contributed by atoms with Gasteiger partial charge in [-0.25, -0.2) is 0 Å². The highest BCUT2D eigenvalue weighted by molar-refractivity contribution is 5.94. The second-order valence-electron chi connectivity index (χ2n) is 5.98. The maximum atomic E-state index is 13.3. The lowest BCUT2D eigenvalue weighted by Gasteiger charge is -2.40. The first-order valence-corrected chi connectivity index (χ1v) is 7.89. The number of amides is 2. The quantitative estimate of drug-likeness (QED) is 0.906. The van der Waals surface area contributed by atoms with Crippen molar-refractivity contribution in [3.63, 3.8) is 0 Å². The SMILES string of the molecule is CCCn1cc(C(=O)N2CC(NC(C)=O)CCC2C(F)(F)F)cn1. The Morgan fingerprint density at radius 1 is 1.38 bits per heavy atom. The first-order valence-electron chi connectivity index (χ1n) is 7.89. The van der Waals surface area contributed by atoms with Crippen molar-refractivity contribution in [3.05, 3.63) is 18.0 Å². The van der Waals surface area contributed by atoms with Crippen LogP contribution in [0, 0.1) is 0 Å². The molecule has 2 atom stereocenters. The van der Waals surface area contributed by atoms with E-state index in [0.29, 0.717) is 6.54 Å². The molecule has 2 heterocycles. The molecule has 0 bridgehead atoms. The van der Waals surface area contributed by atoms with Gasteiger partial charge in [-0.15, -0.1) is 0 Å². The number of piperidine rings is 1. The average Bonchev–Trinajstić information content (AvgIpc) is 2.93. The van der Waals surface area contributed by atoms with Gasteiger partial charge >= 0.3 is 6.18 Å². The number of nitrogens with one attached hydrogen (secondary N) is 1. The first kappa shape index (κ1) is 18.3. The van der Waals surface area contributed by atoms with Crippen molar-refractivity contribution in [1.82, 2.24) is 20.0 Å². The molecule has 1 aliphatic rings. The van der Waals surface area contributed by atoms with Crippen LogP contribution >= 0.6 is 0 Å². The summed E-state index contributed by atoms with van der Waals surface area (Å²) in [6.45, 7) is 3.66. The first-order chi connectivity index (χ1) is 11.2. The van der Waals surface area contributed by atoms with Crippen LogP contribution in [-0.4, -0.2) is 51.3 Å². The number of rotatable bonds is 4. The summed E-state index contributed by atoms with van der Waals surface area (Å²) < 4.78 is 41.4. The number of carbonyl (C=O) groups is 2. The summed E-state index contributed by atoms with van der Waals surface area (Å²) in [6, 6.07) is -2.32. The maximum absolute atomic E-state index is 13.3. The van der Waals surface area contributed by atoms with Gasteiger partial charge in [-0.3, -0.25) is 14.3 Å². The van der Waals surface area contributed by atoms with E-state index < -0.39 is 24.2 Å². The molecule has 0 spiro atoms. The van der Waals surface area contributed by atoms with Crippen LogP contribution in [0.4, 0.5) is 13.2 Å². The smallest absolute Gasteiger partial charge is 0.352 e. The predicted octanol–water partition coefficient (Wildman–Crippen LogP) is 1.96. The maximum Gasteiger partial charge on any atom is 0.408 e. The number of aromatic nitrogens is 2. The van der Waals surface area contributed by atoms with E-state index >= 15 is 0 Å². The number of alkyl halides is 3. The van der Waals surface area contributed by atoms with Gasteiger partial charge in [0.05, 0.1) is 11.8 Å². The molecule has 0 aromatic carbocycles. The van der Waals surface area contributed by atoms with E-state index in [-0.39, 0.29) is 30.9 Å². The molecule has 9 heteroatoms. The molecule has 1 aliphatic heterocycles. The molecular weight excluding hydrogens is 325 g/mol. The lowest BCUT2D eigenvalue weighted by Crippen LogP contribution is -2.58. The predicted molar refractivity (Wildman–Crippen MR) is 80.2 cm³/mol. The summed E-state index contributed by atoms with van der Waals surface area (Å²) in [5.74, 6) is -1.04. The summed E-state index contributed by atoms with van der Waals surface area (Å²) in [6.07, 6.45) is -1.01. The van der Waals surface area contributed by atoms with Crippen LogP contribution in [0.3, 0.4) is 0 Å². The molecule has 1 aromatic rings. The lowest BCUT2D eigenvalue weighted by atomic mass is 9.97. The Hall–Kier alpha value is -2.06. The van der Waals surface area contributed by atoms with E-state index in [1.165, 1.54) is 24.0 Å². The van der Waals surface area contributed by atoms with Gasteiger partial charge in [0.25, 0.3) is 5.91 Å². The molecule has 0 aliphatic carbocycles. The Morgan fingerprint density at radius 3 is 2.67 bits per heavy atom. The standard InChI is InChI=1S/C15H21F3N4O2/c1-3-6-21-8-11(7-19-21)14(24)22-9-12(20-10(2)23)4-5-13(22)15(16,17)18/h7-8,12-13H,3-6,9H2,1-2H3,(H,20,23). The largest absolute Gasteiger partial charge is 0.408 e. The summed E-state index contributed by atoms with van der Waals surface area (Å²) in [5, 5.41) is 6.59. The molecule has 1 saturated heterocycles. The van der Waals surface area contributed by atoms with Gasteiger partial charge in [-0.2, -0.15) is 18.3 Å². The van der Waals surface area contributed by atoms with Gasteiger partial charge in [-0.1, -0.05) is 6.92 Å². The third kappa shape index (κ3) is 4.27. The zero-order valence-corrected chi connectivity index (χ0v) is 13.6. The monoisotopic (exact) mass is 346 g/mol. The van der Waals surface area contributed by atoms with Crippen molar-refractivity contribution in [3.8, 4) is 0 Å². The molecule has 134 valence electrons. The molecule has 1 aromatic heterocycles. The van der Waals surface area contributed by atoms with Crippen molar-refractivity contribution in [2.75, 3.05) is 6.54 Å². The highest BCUT2D eigenvalue weighted by Crippen LogP contribution is 2.33. The second-order valence-corrected chi connectivity index (χ2v) is 5.98. The fourth-order valence-electron chi connectivity index (χ4n) is 2.93. The minimum Gasteiger partial charge on any atom is -0.352 e. The molecule has 2 amide bonds. The van der Waals surface area contributed by atoms with Crippen molar-refractivity contribution in [2.45, 2.75) is 57.9 Å². The molecule has 2 rings (SSSR count). The highest BCUT2D eigenvalue weighted by Gasteiger charge is 2.48. The number of nitrogens with zero attached hydrogens (tertiary/aromatic N) is 3. The van der Waals surface area contributed by atoms with E-state index in [1.807, 2.05) is 6.92 Å². The summed E-state index contributed by atoms with van der Waals surface area (Å²) in [5.41, 5.74) is 0.126. The molecule has 1 fully saturated rings. The third-order valence-corrected chi connectivity index (χ3v) is 3.96. The highest BCUT2D eigenvalue weighted by atomic mass is 19.4. The van der Waals surface area contributed by atoms with E-state index in [0.717, 1.165) is 11.3 Å². The Bertz CT molecular complexity index is 600. The molecule has 0 radical (unpaired) electrons. The Labute approximate surface area is 138 Å². The van der Waals surface area contributed by atoms with E-state index in [2.05, 4.69) is 10.4 Å². The van der Waals surface area contributed by atoms with E-state index in [9.17, 15) is 22.8 Å². The fourth-order valence-corrected chi connectivity index (χ4v) is 2.93. The number of halogens is 3. The minimum atomic E-state index is -4.50. The van der Waals surface area contributed by atoms with Crippen LogP contribution in [-0.2, 0) is 11.3 Å². The number of hydrogen-bond donors (Lipinski definition) is 1. The van der Waals surface area contributed by atoms with Crippen LogP contribution < -0.4 is 5.32 Å². The topological polar surface area (TPSA) is 67.2 Å². The Kier molecular flexibility index (Phi) is 5.51. The van der Waals surface area contributed by atoms with Crippen LogP contribution in [0.25, 0.3) is 0 Å². The van der Waals surface area contributed by atoms with Crippen LogP contribution in [0.1, 0.15) is 43.5 Å². The van der Waals surface area contributed by atoms with Crippen molar-refractivity contribution < 1.29 is 22.8 Å². The zero-order chi connectivity index (χ0) is 17.9. The van der Waals surface area contributed by atoms with Gasteiger partial charge < -0.3 is 10.2 Å². The fraction of sp³-hybridized carbons (Fsp3) is 0.667. The molecule has 24 heavy (non-hydrogen) atoms. The van der Waals surface area contributed by atoms with Crippen molar-refractivity contribution >= 4 is 11.8 Å². The van der Waals surface area contributed by atoms with Crippen molar-refractivity contribution in [1.29, 1.82) is 0 Å². The summed E-state index contributed by atoms with van der Waals surface area (Å²) >= 11 is 0. The summed E-state index contributed by atoms with van der Waals surface area (Å²) in [7, 11) is 0. The van der Waals surface area contributed by atoms with Crippen LogP contribution in [0.2, 0.25) is 0 Å². The summed E-state index contributed by atoms with van der Waals surface area (Å²) in [4.78, 5) is 24.5. The molecule has 6 nitrogen and oxygen atoms in total. The van der Waals surface area contributed by atoms with Gasteiger partial charge in [0.2, 0.25) is 5.91 Å². The van der Waals surface area contributed by atoms with Gasteiger partial charge in [0.15, 0.2) is 0 Å². The number of aryl methyl sites for hydroxylation is 1. The normalized spacial score (nSPS) is 21.6. The second kappa shape index (κ2) is 7.23. The Morgan fingerprint density at radius 2 is 2.08 bits per heavy atom. The molecule has 1 N–H and O–H groups in total. The number of carbonyl (C=O) groups excluding carboxylic acids is 2. The lowest BCUT2D eigenvalue weighted by molar-refractivity contribution is -0.184. The molecule has 2 unspecified atom stereocenters. The Balaban J connectivity index is 2.21. The van der Waals surface area contributed by atoms with Crippen molar-refractivity contribution in [2.24, 2.45) is 0 Å². The minimum absolute atomic E-state index is 0.126. The van der Waals surface area contributed by atoms with Gasteiger partial charge in [0, 0.05) is 32.3 Å².